The maximum Gasteiger partial charge on any atom is 0.287 e. The van der Waals surface area contributed by atoms with Crippen molar-refractivity contribution in [3.05, 3.63) is 82.9 Å². The molecule has 0 aromatic carbocycles. The zero-order chi connectivity index (χ0) is 40.8. The van der Waals surface area contributed by atoms with Gasteiger partial charge in [-0.25, -0.2) is 24.9 Å². The fourth-order valence-corrected chi connectivity index (χ4v) is 6.10. The predicted molar refractivity (Wildman–Crippen MR) is 200 cm³/mol. The summed E-state index contributed by atoms with van der Waals surface area (Å²) < 4.78 is 7.69. The molecule has 5 aromatic heterocycles. The number of carbonyl (C=O) groups is 7. The molecule has 0 fully saturated rings. The quantitative estimate of drug-likeness (QED) is 0.106. The van der Waals surface area contributed by atoms with Crippen molar-refractivity contribution in [2.24, 2.45) is 35.2 Å². The van der Waals surface area contributed by atoms with E-state index >= 15 is 0 Å². The first-order chi connectivity index (χ1) is 26.5. The molecule has 5 heterocycles. The van der Waals surface area contributed by atoms with Crippen LogP contribution in [0.4, 0.5) is 5.82 Å². The number of ketones is 6. The first-order valence-electron chi connectivity index (χ1n) is 17.7. The van der Waals surface area contributed by atoms with E-state index in [1.165, 1.54) is 27.5 Å². The van der Waals surface area contributed by atoms with Crippen molar-refractivity contribution in [1.29, 1.82) is 0 Å². The molecule has 5 rings (SSSR count). The minimum Gasteiger partial charge on any atom is -0.368 e. The van der Waals surface area contributed by atoms with Crippen molar-refractivity contribution in [1.82, 2.24) is 53.1 Å². The molecule has 0 saturated carbocycles. The fraction of sp³-hybridized carbons (Fsp3) is 0.405. The average Bonchev–Trinajstić information content (AvgIpc) is 3.93. The Morgan fingerprint density at radius 3 is 1.39 bits per heavy atom. The molecule has 0 bridgehead atoms. The lowest BCUT2D eigenvalue weighted by Crippen LogP contribution is -2.28. The molecule has 0 unspecified atom stereocenters. The average molecular weight is 769 g/mol. The van der Waals surface area contributed by atoms with Crippen LogP contribution >= 0.6 is 0 Å². The molecule has 0 atom stereocenters. The van der Waals surface area contributed by atoms with Crippen LogP contribution in [0.2, 0.25) is 0 Å². The molecule has 0 aliphatic rings. The third-order valence-corrected chi connectivity index (χ3v) is 8.72. The Morgan fingerprint density at radius 1 is 0.500 bits per heavy atom. The van der Waals surface area contributed by atoms with Crippen molar-refractivity contribution in [3.8, 4) is 0 Å². The van der Waals surface area contributed by atoms with Gasteiger partial charge in [0.25, 0.3) is 5.91 Å². The Hall–Kier alpha value is -6.66. The standard InChI is InChI=1S/C37H44N12O7/c1-21(50)8-10-38-31-20-49(7)35(44-31)30(55)14-25-18-47(5)33(42-25)28(53)13-24-17-46(4)34(41-24)29(54)15-26-19-48(6)36(43-26)37(56)39-11-9-27(52)12-23-16-45(3)32(40-23)22(2)51/h16-20,38H,8-15H2,1-7H3,(H,39,56). The van der Waals surface area contributed by atoms with Gasteiger partial charge in [-0.15, -0.1) is 0 Å². The smallest absolute Gasteiger partial charge is 0.287 e. The Labute approximate surface area is 321 Å². The maximum atomic E-state index is 13.3. The minimum absolute atomic E-state index is 0.0274. The topological polar surface area (TPSA) is 233 Å². The number of nitrogens with zero attached hydrogens (tertiary/aromatic N) is 10. The number of hydrogen-bond donors (Lipinski definition) is 2. The van der Waals surface area contributed by atoms with Gasteiger partial charge in [0.2, 0.25) is 17.3 Å². The number of anilines is 1. The second kappa shape index (κ2) is 17.2. The first-order valence-corrected chi connectivity index (χ1v) is 17.7. The van der Waals surface area contributed by atoms with Crippen molar-refractivity contribution >= 4 is 46.4 Å². The van der Waals surface area contributed by atoms with E-state index in [4.69, 9.17) is 0 Å². The van der Waals surface area contributed by atoms with E-state index in [0.717, 1.165) is 0 Å². The third-order valence-electron chi connectivity index (χ3n) is 8.72. The number of rotatable bonds is 20. The number of hydrogen-bond acceptors (Lipinski definition) is 13. The summed E-state index contributed by atoms with van der Waals surface area (Å²) in [5, 5.41) is 5.70. The molecule has 19 heteroatoms. The van der Waals surface area contributed by atoms with Crippen LogP contribution in [-0.4, -0.2) is 101 Å². The normalized spacial score (nSPS) is 11.1. The monoisotopic (exact) mass is 768 g/mol. The van der Waals surface area contributed by atoms with Crippen LogP contribution in [0, 0.1) is 0 Å². The molecule has 1 amide bonds. The van der Waals surface area contributed by atoms with E-state index in [9.17, 15) is 33.6 Å². The SMILES string of the molecule is CC(=O)CCNc1cn(C)c(C(=O)Cc2cn(C)c(C(=O)Cc3cn(C)c(C(=O)Cc4cn(C)c(C(=O)NCCC(=O)Cc5cn(C)c(C(C)=O)n5)n4)n3)n2)n1. The lowest BCUT2D eigenvalue weighted by atomic mass is 10.2. The molecule has 0 aliphatic carbocycles. The zero-order valence-electron chi connectivity index (χ0n) is 32.4. The summed E-state index contributed by atoms with van der Waals surface area (Å²) in [7, 11) is 8.27. The minimum atomic E-state index is -0.518. The second-order valence-corrected chi connectivity index (χ2v) is 13.7. The summed E-state index contributed by atoms with van der Waals surface area (Å²) >= 11 is 0. The molecule has 0 spiro atoms. The summed E-state index contributed by atoms with van der Waals surface area (Å²) in [4.78, 5) is 109. The predicted octanol–water partition coefficient (Wildman–Crippen LogP) is 1.16. The Bertz CT molecular complexity index is 2350. The van der Waals surface area contributed by atoms with Gasteiger partial charge in [-0.3, -0.25) is 33.6 Å². The highest BCUT2D eigenvalue weighted by molar-refractivity contribution is 5.97. The molecule has 2 N–H and O–H groups in total. The van der Waals surface area contributed by atoms with Gasteiger partial charge in [0.05, 0.1) is 48.5 Å². The highest BCUT2D eigenvalue weighted by Crippen LogP contribution is 2.14. The number of nitrogens with one attached hydrogen (secondary N) is 2. The largest absolute Gasteiger partial charge is 0.368 e. The highest BCUT2D eigenvalue weighted by Gasteiger charge is 2.23. The van der Waals surface area contributed by atoms with E-state index in [-0.39, 0.29) is 102 Å². The van der Waals surface area contributed by atoms with Gasteiger partial charge >= 0.3 is 0 Å². The Balaban J connectivity index is 1.13. The molecule has 5 aromatic rings. The van der Waals surface area contributed by atoms with E-state index in [0.29, 0.717) is 41.6 Å². The third kappa shape index (κ3) is 9.90. The lowest BCUT2D eigenvalue weighted by Gasteiger charge is -2.04. The molecular formula is C37H44N12O7. The number of aryl methyl sites for hydroxylation is 5. The number of amides is 1. The van der Waals surface area contributed by atoms with Crippen LogP contribution in [-0.2, 0) is 70.5 Å². The highest BCUT2D eigenvalue weighted by atomic mass is 16.2. The van der Waals surface area contributed by atoms with Crippen LogP contribution in [0.25, 0.3) is 0 Å². The summed E-state index contributed by atoms with van der Waals surface area (Å²) in [5.41, 5.74) is 1.53. The van der Waals surface area contributed by atoms with Crippen LogP contribution < -0.4 is 10.6 Å². The second-order valence-electron chi connectivity index (χ2n) is 13.7. The summed E-state index contributed by atoms with van der Waals surface area (Å²) in [6.45, 7) is 3.36. The fourth-order valence-electron chi connectivity index (χ4n) is 6.10. The van der Waals surface area contributed by atoms with Crippen LogP contribution in [0.3, 0.4) is 0 Å². The number of carbonyl (C=O) groups excluding carboxylic acids is 7. The number of aromatic nitrogens is 10. The molecule has 0 saturated heterocycles. The van der Waals surface area contributed by atoms with Gasteiger partial charge in [0.15, 0.2) is 34.9 Å². The number of imidazole rings is 5. The van der Waals surface area contributed by atoms with Gasteiger partial charge in [0, 0.05) is 99.1 Å². The van der Waals surface area contributed by atoms with Gasteiger partial charge in [-0.1, -0.05) is 0 Å². The van der Waals surface area contributed by atoms with E-state index in [1.807, 2.05) is 0 Å². The molecule has 0 aliphatic heterocycles. The summed E-state index contributed by atoms with van der Waals surface area (Å²) in [5.74, 6) is -0.662. The molecular weight excluding hydrogens is 724 g/mol. The first kappa shape index (κ1) is 40.5. The lowest BCUT2D eigenvalue weighted by molar-refractivity contribution is -0.118. The summed E-state index contributed by atoms with van der Waals surface area (Å²) in [6.07, 6.45) is 8.05. The van der Waals surface area contributed by atoms with Crippen LogP contribution in [0.5, 0.6) is 0 Å². The molecule has 56 heavy (non-hydrogen) atoms. The van der Waals surface area contributed by atoms with E-state index < -0.39 is 5.91 Å². The Morgan fingerprint density at radius 2 is 0.911 bits per heavy atom. The Kier molecular flexibility index (Phi) is 12.5. The van der Waals surface area contributed by atoms with Crippen molar-refractivity contribution in [2.75, 3.05) is 18.4 Å². The van der Waals surface area contributed by atoms with Crippen LogP contribution in [0.15, 0.2) is 31.0 Å². The number of Topliss-reactive ketones (excluding diaryl/α,β-unsaturated/α-hetero) is 6. The van der Waals surface area contributed by atoms with Crippen LogP contribution in [0.1, 0.15) is 103 Å². The van der Waals surface area contributed by atoms with Crippen molar-refractivity contribution in [3.63, 3.8) is 0 Å². The van der Waals surface area contributed by atoms with Gasteiger partial charge in [-0.2, -0.15) is 0 Å². The molecule has 294 valence electrons. The molecule has 19 nitrogen and oxygen atoms in total. The van der Waals surface area contributed by atoms with Crippen molar-refractivity contribution in [2.45, 2.75) is 52.4 Å². The zero-order valence-corrected chi connectivity index (χ0v) is 32.4. The van der Waals surface area contributed by atoms with Crippen molar-refractivity contribution < 1.29 is 33.6 Å². The van der Waals surface area contributed by atoms with E-state index in [2.05, 4.69) is 35.6 Å². The van der Waals surface area contributed by atoms with E-state index in [1.54, 1.807) is 75.4 Å². The summed E-state index contributed by atoms with van der Waals surface area (Å²) in [6, 6.07) is 0. The van der Waals surface area contributed by atoms with Gasteiger partial charge in [0.1, 0.15) is 17.4 Å². The molecule has 0 radical (unpaired) electrons. The van der Waals surface area contributed by atoms with Gasteiger partial charge < -0.3 is 33.5 Å². The van der Waals surface area contributed by atoms with Gasteiger partial charge in [-0.05, 0) is 6.92 Å². The maximum absolute atomic E-state index is 13.3.